The molecule has 1 nitrogen and oxygen atoms in total. The summed E-state index contributed by atoms with van der Waals surface area (Å²) in [5.41, 5.74) is 0. The third-order valence-electron chi connectivity index (χ3n) is 7.42. The fraction of sp³-hybridized carbons (Fsp3) is 1.00. The van der Waals surface area contributed by atoms with Gasteiger partial charge in [0.25, 0.3) is 0 Å². The number of hydrogen-bond donors (Lipinski definition) is 1. The average molecular weight is 482 g/mol. The van der Waals surface area contributed by atoms with Crippen LogP contribution < -0.4 is 5.32 Å². The summed E-state index contributed by atoms with van der Waals surface area (Å²) in [6, 6.07) is 0. The molecule has 0 rings (SSSR count). The molecule has 0 aliphatic carbocycles. The Morgan fingerprint density at radius 1 is 0.324 bits per heavy atom. The van der Waals surface area contributed by atoms with Crippen LogP contribution in [0.1, 0.15) is 189 Å². The molecule has 34 heavy (non-hydrogen) atoms. The lowest BCUT2D eigenvalue weighted by Crippen LogP contribution is -2.28. The standard InChI is InChI=1S/C27H57N.C6H14/c1-5-9-12-15-16-19-23-27(22-18-14-11-7-3)25-28-24-26(20-8-4)21-17-13-10-6-2;1-3-5-6-4-2/h26-28H,5-25H2,1-4H3;3-6H2,1-2H3. The largest absolute Gasteiger partial charge is 0.316 e. The van der Waals surface area contributed by atoms with Crippen LogP contribution in [-0.2, 0) is 0 Å². The molecule has 0 spiro atoms. The summed E-state index contributed by atoms with van der Waals surface area (Å²) in [6.07, 6.45) is 32.6. The van der Waals surface area contributed by atoms with Crippen molar-refractivity contribution < 1.29 is 0 Å². The second kappa shape index (κ2) is 33.0. The molecule has 0 aromatic carbocycles. The summed E-state index contributed by atoms with van der Waals surface area (Å²) in [7, 11) is 0. The second-order valence-electron chi connectivity index (χ2n) is 11.1. The molecule has 0 saturated heterocycles. The van der Waals surface area contributed by atoms with Crippen LogP contribution in [0, 0.1) is 11.8 Å². The van der Waals surface area contributed by atoms with Gasteiger partial charge >= 0.3 is 0 Å². The summed E-state index contributed by atoms with van der Waals surface area (Å²) < 4.78 is 0. The highest BCUT2D eigenvalue weighted by molar-refractivity contribution is 4.68. The third-order valence-corrected chi connectivity index (χ3v) is 7.42. The van der Waals surface area contributed by atoms with Gasteiger partial charge in [-0.25, -0.2) is 0 Å². The Hall–Kier alpha value is -0.0400. The smallest absolute Gasteiger partial charge is 0.00204 e. The summed E-state index contributed by atoms with van der Waals surface area (Å²) >= 11 is 0. The Morgan fingerprint density at radius 2 is 0.618 bits per heavy atom. The molecule has 0 aromatic heterocycles. The van der Waals surface area contributed by atoms with E-state index in [2.05, 4.69) is 46.9 Å². The van der Waals surface area contributed by atoms with Gasteiger partial charge < -0.3 is 5.32 Å². The van der Waals surface area contributed by atoms with Crippen molar-refractivity contribution in [2.45, 2.75) is 189 Å². The van der Waals surface area contributed by atoms with E-state index in [1.54, 1.807) is 0 Å². The van der Waals surface area contributed by atoms with Gasteiger partial charge in [0, 0.05) is 0 Å². The van der Waals surface area contributed by atoms with Crippen molar-refractivity contribution >= 4 is 0 Å². The van der Waals surface area contributed by atoms with Gasteiger partial charge in [-0.3, -0.25) is 0 Å². The van der Waals surface area contributed by atoms with Crippen molar-refractivity contribution in [3.63, 3.8) is 0 Å². The topological polar surface area (TPSA) is 12.0 Å². The number of hydrogen-bond acceptors (Lipinski definition) is 1. The second-order valence-corrected chi connectivity index (χ2v) is 11.1. The molecular formula is C33H71N. The maximum Gasteiger partial charge on any atom is -0.00204 e. The Bertz CT molecular complexity index is 323. The minimum atomic E-state index is 0.914. The average Bonchev–Trinajstić information content (AvgIpc) is 2.85. The zero-order valence-corrected chi connectivity index (χ0v) is 25.3. The maximum absolute atomic E-state index is 3.91. The molecule has 1 heteroatoms. The predicted octanol–water partition coefficient (Wildman–Crippen LogP) is 11.9. The van der Waals surface area contributed by atoms with Crippen molar-refractivity contribution in [2.75, 3.05) is 13.1 Å². The van der Waals surface area contributed by atoms with Gasteiger partial charge in [0.15, 0.2) is 0 Å². The number of nitrogens with one attached hydrogen (secondary N) is 1. The maximum atomic E-state index is 3.91. The van der Waals surface area contributed by atoms with Crippen molar-refractivity contribution in [2.24, 2.45) is 11.8 Å². The molecule has 2 unspecified atom stereocenters. The molecule has 0 aliphatic rings. The summed E-state index contributed by atoms with van der Waals surface area (Å²) in [5, 5.41) is 3.91. The number of unbranched alkanes of at least 4 members (excludes halogenated alkanes) is 14. The normalized spacial score (nSPS) is 12.9. The first kappa shape index (κ1) is 36.1. The molecule has 2 atom stereocenters. The van der Waals surface area contributed by atoms with Crippen LogP contribution in [0.25, 0.3) is 0 Å². The van der Waals surface area contributed by atoms with Gasteiger partial charge in [0.2, 0.25) is 0 Å². The molecule has 0 aliphatic heterocycles. The third kappa shape index (κ3) is 30.0. The van der Waals surface area contributed by atoms with Gasteiger partial charge in [-0.15, -0.1) is 0 Å². The minimum absolute atomic E-state index is 0.914. The van der Waals surface area contributed by atoms with Gasteiger partial charge in [-0.2, -0.15) is 0 Å². The molecule has 0 radical (unpaired) electrons. The van der Waals surface area contributed by atoms with E-state index in [1.165, 1.54) is 161 Å². The Morgan fingerprint density at radius 3 is 1.00 bits per heavy atom. The summed E-state index contributed by atoms with van der Waals surface area (Å²) in [6.45, 7) is 16.3. The highest BCUT2D eigenvalue weighted by Gasteiger charge is 2.11. The zero-order chi connectivity index (χ0) is 25.5. The van der Waals surface area contributed by atoms with E-state index in [-0.39, 0.29) is 0 Å². The van der Waals surface area contributed by atoms with E-state index in [1.807, 2.05) is 0 Å². The van der Waals surface area contributed by atoms with Crippen LogP contribution in [0.4, 0.5) is 0 Å². The zero-order valence-electron chi connectivity index (χ0n) is 25.3. The lowest BCUT2D eigenvalue weighted by Gasteiger charge is -2.21. The minimum Gasteiger partial charge on any atom is -0.316 e. The van der Waals surface area contributed by atoms with Crippen molar-refractivity contribution in [1.29, 1.82) is 0 Å². The predicted molar refractivity (Wildman–Crippen MR) is 160 cm³/mol. The van der Waals surface area contributed by atoms with Crippen LogP contribution in [0.3, 0.4) is 0 Å². The highest BCUT2D eigenvalue weighted by atomic mass is 14.9. The Balaban J connectivity index is 0. The molecule has 0 saturated carbocycles. The fourth-order valence-corrected chi connectivity index (χ4v) is 5.03. The molecule has 0 bridgehead atoms. The summed E-state index contributed by atoms with van der Waals surface area (Å²) in [5.74, 6) is 1.84. The van der Waals surface area contributed by atoms with Gasteiger partial charge in [0.1, 0.15) is 0 Å². The Labute approximate surface area is 219 Å². The highest BCUT2D eigenvalue weighted by Crippen LogP contribution is 2.20. The van der Waals surface area contributed by atoms with Crippen LogP contribution in [0.5, 0.6) is 0 Å². The van der Waals surface area contributed by atoms with E-state index >= 15 is 0 Å². The van der Waals surface area contributed by atoms with Crippen LogP contribution >= 0.6 is 0 Å². The van der Waals surface area contributed by atoms with E-state index in [0.29, 0.717) is 0 Å². The van der Waals surface area contributed by atoms with E-state index in [9.17, 15) is 0 Å². The first-order valence-corrected chi connectivity index (χ1v) is 16.4. The van der Waals surface area contributed by atoms with Gasteiger partial charge in [-0.1, -0.05) is 164 Å². The van der Waals surface area contributed by atoms with Crippen molar-refractivity contribution in [1.82, 2.24) is 5.32 Å². The van der Waals surface area contributed by atoms with Crippen LogP contribution in [0.2, 0.25) is 0 Å². The fourth-order valence-electron chi connectivity index (χ4n) is 5.03. The molecule has 208 valence electrons. The molecule has 1 N–H and O–H groups in total. The summed E-state index contributed by atoms with van der Waals surface area (Å²) in [4.78, 5) is 0. The van der Waals surface area contributed by atoms with Gasteiger partial charge in [0.05, 0.1) is 0 Å². The van der Waals surface area contributed by atoms with E-state index < -0.39 is 0 Å². The first-order chi connectivity index (χ1) is 16.7. The SMILES string of the molecule is CCCCCC.CCCCCCCCC(CCCCCC)CNCC(CCC)CCCCCC. The molecule has 0 aromatic rings. The van der Waals surface area contributed by atoms with Crippen LogP contribution in [-0.4, -0.2) is 13.1 Å². The van der Waals surface area contributed by atoms with Crippen molar-refractivity contribution in [3.8, 4) is 0 Å². The first-order valence-electron chi connectivity index (χ1n) is 16.4. The lowest BCUT2D eigenvalue weighted by atomic mass is 9.93. The molecular weight excluding hydrogens is 410 g/mol. The molecule has 0 amide bonds. The van der Waals surface area contributed by atoms with Crippen LogP contribution in [0.15, 0.2) is 0 Å². The Kier molecular flexibility index (Phi) is 35.0. The lowest BCUT2D eigenvalue weighted by molar-refractivity contribution is 0.346. The van der Waals surface area contributed by atoms with Crippen molar-refractivity contribution in [3.05, 3.63) is 0 Å². The van der Waals surface area contributed by atoms with E-state index in [0.717, 1.165) is 11.8 Å². The molecule has 0 fully saturated rings. The quantitative estimate of drug-likeness (QED) is 0.121. The number of rotatable bonds is 26. The van der Waals surface area contributed by atoms with Gasteiger partial charge in [-0.05, 0) is 50.6 Å². The molecule has 0 heterocycles. The van der Waals surface area contributed by atoms with E-state index in [4.69, 9.17) is 0 Å². The monoisotopic (exact) mass is 482 g/mol.